The maximum absolute atomic E-state index is 12.5. The van der Waals surface area contributed by atoms with E-state index in [4.69, 9.17) is 4.79 Å². The number of nitrogens with one attached hydrogen (secondary N) is 3. The number of hydrogen-bond donors (Lipinski definition) is 3. The first kappa shape index (κ1) is 46.1. The number of likely N-dealkylation sites (tertiary alicyclic amines) is 1. The maximum Gasteiger partial charge on any atom is 0.407 e. The number of amidine groups is 1. The Hall–Kier alpha value is -4.93. The number of amides is 2. The topological polar surface area (TPSA) is 134 Å². The molecule has 2 amide bonds. The Labute approximate surface area is 306 Å². The fourth-order valence-corrected chi connectivity index (χ4v) is 5.20. The Morgan fingerprint density at radius 3 is 1.80 bits per heavy atom. The van der Waals surface area contributed by atoms with Crippen LogP contribution < -0.4 is 16.0 Å². The molecule has 282 valence electrons. The average Bonchev–Trinajstić information content (AvgIpc) is 3.61. The zero-order chi connectivity index (χ0) is 38.9. The van der Waals surface area contributed by atoms with E-state index in [1.807, 2.05) is 52.2 Å². The van der Waals surface area contributed by atoms with Gasteiger partial charge in [-0.2, -0.15) is 0 Å². The number of rotatable bonds is 15. The van der Waals surface area contributed by atoms with Crippen molar-refractivity contribution in [3.05, 3.63) is 97.5 Å². The summed E-state index contributed by atoms with van der Waals surface area (Å²) in [5.74, 6) is 1.44. The molecule has 0 aromatic carbocycles. The highest BCUT2D eigenvalue weighted by Gasteiger charge is 2.34. The summed E-state index contributed by atoms with van der Waals surface area (Å²) < 4.78 is 8.43. The van der Waals surface area contributed by atoms with Gasteiger partial charge in [-0.15, -0.1) is 0 Å². The number of carbonyl (C=O) groups is 3. The van der Waals surface area contributed by atoms with Crippen LogP contribution in [-0.2, 0) is 19.1 Å². The van der Waals surface area contributed by atoms with Crippen LogP contribution in [0.1, 0.15) is 58.8 Å². The Morgan fingerprint density at radius 1 is 0.824 bits per heavy atom. The van der Waals surface area contributed by atoms with E-state index >= 15 is 0 Å². The Bertz CT molecular complexity index is 1350. The molecule has 2 aliphatic rings. The van der Waals surface area contributed by atoms with E-state index in [1.165, 1.54) is 46.3 Å². The predicted molar refractivity (Wildman–Crippen MR) is 212 cm³/mol. The van der Waals surface area contributed by atoms with Gasteiger partial charge in [-0.1, -0.05) is 96.9 Å². The maximum atomic E-state index is 12.5. The lowest BCUT2D eigenvalue weighted by Gasteiger charge is -2.29. The fraction of sp³-hybridized carbons (Fsp3) is 0.475. The highest BCUT2D eigenvalue weighted by atomic mass is 16.5. The van der Waals surface area contributed by atoms with Crippen molar-refractivity contribution in [2.45, 2.75) is 70.9 Å². The van der Waals surface area contributed by atoms with Crippen LogP contribution in [0.4, 0.5) is 4.79 Å². The van der Waals surface area contributed by atoms with Crippen molar-refractivity contribution in [3.8, 4) is 0 Å². The minimum atomic E-state index is -0.577. The molecule has 1 aliphatic carbocycles. The van der Waals surface area contributed by atoms with Crippen molar-refractivity contribution in [2.24, 2.45) is 21.8 Å². The van der Waals surface area contributed by atoms with Gasteiger partial charge in [-0.05, 0) is 53.9 Å². The first-order valence-corrected chi connectivity index (χ1v) is 17.2. The number of methoxy groups -OCH3 is 2. The van der Waals surface area contributed by atoms with Crippen LogP contribution in [0.2, 0.25) is 0 Å². The third kappa shape index (κ3) is 17.5. The largest absolute Gasteiger partial charge is 0.471 e. The van der Waals surface area contributed by atoms with Gasteiger partial charge in [0.2, 0.25) is 5.91 Å². The average molecular weight is 707 g/mol. The summed E-state index contributed by atoms with van der Waals surface area (Å²) in [6.45, 7) is 29.0. The third-order valence-corrected chi connectivity index (χ3v) is 8.36. The summed E-state index contributed by atoms with van der Waals surface area (Å²) in [6, 6.07) is -0.517. The van der Waals surface area contributed by atoms with Crippen molar-refractivity contribution < 1.29 is 23.9 Å². The van der Waals surface area contributed by atoms with Gasteiger partial charge < -0.3 is 30.3 Å². The van der Waals surface area contributed by atoms with Gasteiger partial charge >= 0.3 is 6.09 Å². The molecule has 11 heteroatoms. The van der Waals surface area contributed by atoms with Gasteiger partial charge in [0.15, 0.2) is 0 Å². The van der Waals surface area contributed by atoms with Crippen molar-refractivity contribution in [1.29, 1.82) is 0 Å². The normalized spacial score (nSPS) is 16.7. The first-order chi connectivity index (χ1) is 24.2. The Morgan fingerprint density at radius 2 is 1.35 bits per heavy atom. The Balaban J connectivity index is 0.000000937. The SMILES string of the molecule is C=C(/C=C\C(=C)C(=C)NC)C(=C)/C=C\C(=C)C(=C)NC(=NC)C1CCCCC1.CN=CC1CCCN1C(=O)C(NC(=O)OC)C(C)C.COC=O. The summed E-state index contributed by atoms with van der Waals surface area (Å²) in [5, 5.41) is 8.93. The van der Waals surface area contributed by atoms with Crippen molar-refractivity contribution in [2.75, 3.05) is 41.9 Å². The molecular weight excluding hydrogens is 644 g/mol. The monoisotopic (exact) mass is 706 g/mol. The van der Waals surface area contributed by atoms with Crippen LogP contribution in [0.5, 0.6) is 0 Å². The molecular formula is C40H62N6O5. The number of carbonyl (C=O) groups excluding carboxylic acids is 3. The molecule has 0 aromatic rings. The van der Waals surface area contributed by atoms with E-state index in [1.54, 1.807) is 18.2 Å². The smallest absolute Gasteiger partial charge is 0.407 e. The van der Waals surface area contributed by atoms with E-state index in [0.29, 0.717) is 18.9 Å². The van der Waals surface area contributed by atoms with Gasteiger partial charge in [0.1, 0.15) is 11.9 Å². The van der Waals surface area contributed by atoms with E-state index in [2.05, 4.69) is 74.9 Å². The van der Waals surface area contributed by atoms with Crippen molar-refractivity contribution in [3.63, 3.8) is 0 Å². The summed E-state index contributed by atoms with van der Waals surface area (Å²) >= 11 is 0. The molecule has 0 radical (unpaired) electrons. The number of hydrogen-bond acceptors (Lipinski definition) is 8. The molecule has 11 nitrogen and oxygen atoms in total. The van der Waals surface area contributed by atoms with Crippen LogP contribution in [0, 0.1) is 11.8 Å². The third-order valence-electron chi connectivity index (χ3n) is 8.36. The van der Waals surface area contributed by atoms with Crippen LogP contribution in [0.15, 0.2) is 107 Å². The lowest BCUT2D eigenvalue weighted by Crippen LogP contribution is -2.52. The number of alkyl carbamates (subject to hydrolysis) is 1. The number of ether oxygens (including phenoxy) is 2. The second-order valence-electron chi connectivity index (χ2n) is 12.4. The summed E-state index contributed by atoms with van der Waals surface area (Å²) in [5.41, 5.74) is 4.72. The Kier molecular flexibility index (Phi) is 23.4. The highest BCUT2D eigenvalue weighted by molar-refractivity contribution is 5.89. The fourth-order valence-electron chi connectivity index (χ4n) is 5.20. The minimum absolute atomic E-state index is 0.00594. The lowest BCUT2D eigenvalue weighted by molar-refractivity contribution is -0.134. The second-order valence-corrected chi connectivity index (χ2v) is 12.4. The highest BCUT2D eigenvalue weighted by Crippen LogP contribution is 2.25. The predicted octanol–water partition coefficient (Wildman–Crippen LogP) is 6.62. The number of nitrogens with zero attached hydrogens (tertiary/aromatic N) is 3. The molecule has 0 bridgehead atoms. The van der Waals surface area contributed by atoms with Crippen LogP contribution >= 0.6 is 0 Å². The second kappa shape index (κ2) is 26.0. The van der Waals surface area contributed by atoms with Crippen molar-refractivity contribution >= 4 is 30.5 Å². The standard InChI is InChI=1S/C25H35N3.C13H23N3O3.C2H4O2/c1-18(14-16-20(3)22(5)26-7)19(2)15-17-21(4)23(6)28-25(27-8)24-12-10-9-11-13-24;1-9(2)11(15-13(18)19-4)12(17)16-7-5-6-10(16)8-14-3;1-4-2-3/h14-17,24,26H,1-6,9-13H2,7-8H3,(H,27,28);8-11H,5-7H2,1-4H3,(H,15,18);2H,1H3/b16-14-,17-15-;;. The van der Waals surface area contributed by atoms with Gasteiger partial charge in [-0.3, -0.25) is 19.6 Å². The summed E-state index contributed by atoms with van der Waals surface area (Å²) in [6.07, 6.45) is 16.8. The summed E-state index contributed by atoms with van der Waals surface area (Å²) in [7, 11) is 7.95. The molecule has 51 heavy (non-hydrogen) atoms. The molecule has 1 saturated heterocycles. The lowest BCUT2D eigenvalue weighted by atomic mass is 9.88. The number of aliphatic imine (C=N–C) groups is 2. The molecule has 3 N–H and O–H groups in total. The molecule has 1 saturated carbocycles. The molecule has 2 unspecified atom stereocenters. The quantitative estimate of drug-likeness (QED) is 0.0755. The molecule has 2 fully saturated rings. The van der Waals surface area contributed by atoms with E-state index in [9.17, 15) is 9.59 Å². The van der Waals surface area contributed by atoms with E-state index in [0.717, 1.165) is 52.4 Å². The van der Waals surface area contributed by atoms with E-state index < -0.39 is 12.1 Å². The molecule has 1 heterocycles. The van der Waals surface area contributed by atoms with Gasteiger partial charge in [0.05, 0.1) is 20.3 Å². The van der Waals surface area contributed by atoms with Gasteiger partial charge in [0.25, 0.3) is 6.47 Å². The minimum Gasteiger partial charge on any atom is -0.471 e. The van der Waals surface area contributed by atoms with Crippen LogP contribution in [-0.4, -0.2) is 89.4 Å². The van der Waals surface area contributed by atoms with Gasteiger partial charge in [-0.25, -0.2) is 4.79 Å². The van der Waals surface area contributed by atoms with Gasteiger partial charge in [0, 0.05) is 51.2 Å². The van der Waals surface area contributed by atoms with E-state index in [-0.39, 0.29) is 17.9 Å². The van der Waals surface area contributed by atoms with Crippen LogP contribution in [0.3, 0.4) is 0 Å². The zero-order valence-electron chi connectivity index (χ0n) is 32.1. The van der Waals surface area contributed by atoms with Crippen molar-refractivity contribution in [1.82, 2.24) is 20.9 Å². The summed E-state index contributed by atoms with van der Waals surface area (Å²) in [4.78, 5) is 43.0. The first-order valence-electron chi connectivity index (χ1n) is 17.2. The molecule has 2 atom stereocenters. The zero-order valence-corrected chi connectivity index (χ0v) is 32.1. The number of allylic oxidation sites excluding steroid dienone is 6. The molecule has 0 spiro atoms. The molecule has 0 aromatic heterocycles. The molecule has 1 aliphatic heterocycles. The molecule has 2 rings (SSSR count). The van der Waals surface area contributed by atoms with Crippen LogP contribution in [0.25, 0.3) is 0 Å². The number of likely N-dealkylation sites (N-methyl/N-ethyl adjacent to an activating group) is 1.